The molecule has 1 atom stereocenters. The molecular formula is C20H24N2O6. The number of urea groups is 1. The van der Waals surface area contributed by atoms with E-state index in [2.05, 4.69) is 10.6 Å². The molecular weight excluding hydrogens is 364 g/mol. The molecule has 0 aromatic heterocycles. The smallest absolute Gasteiger partial charge is 0.319 e. The molecule has 0 bridgehead atoms. The standard InChI is InChI=1S/C20H24N2O6/c1-12(21-20(23)22-14-6-5-7-15(10-14)24-2)8-13-9-16-18(28-11-27-16)19(26-4)17(13)25-3/h5-7,9-10,12H,8,11H2,1-4H3,(H2,21,22,23)/t12-/m0/s1. The molecule has 0 saturated carbocycles. The van der Waals surface area contributed by atoms with Crippen LogP contribution in [-0.2, 0) is 6.42 Å². The molecule has 3 rings (SSSR count). The number of anilines is 1. The Hall–Kier alpha value is -3.29. The molecule has 2 aromatic rings. The minimum Gasteiger partial charge on any atom is -0.497 e. The number of hydrogen-bond acceptors (Lipinski definition) is 6. The zero-order valence-electron chi connectivity index (χ0n) is 16.3. The lowest BCUT2D eigenvalue weighted by Gasteiger charge is -2.19. The summed E-state index contributed by atoms with van der Waals surface area (Å²) in [4.78, 5) is 12.3. The van der Waals surface area contributed by atoms with E-state index in [9.17, 15) is 4.79 Å². The van der Waals surface area contributed by atoms with Crippen molar-refractivity contribution in [2.75, 3.05) is 33.4 Å². The maximum Gasteiger partial charge on any atom is 0.319 e. The summed E-state index contributed by atoms with van der Waals surface area (Å²) < 4.78 is 27.1. The van der Waals surface area contributed by atoms with Gasteiger partial charge in [-0.1, -0.05) is 6.07 Å². The summed E-state index contributed by atoms with van der Waals surface area (Å²) >= 11 is 0. The normalized spacial score (nSPS) is 12.9. The zero-order chi connectivity index (χ0) is 20.1. The van der Waals surface area contributed by atoms with Gasteiger partial charge in [-0.2, -0.15) is 0 Å². The van der Waals surface area contributed by atoms with E-state index in [0.717, 1.165) is 5.56 Å². The van der Waals surface area contributed by atoms with Crippen LogP contribution in [0.15, 0.2) is 30.3 Å². The number of fused-ring (bicyclic) bond motifs is 1. The first-order chi connectivity index (χ1) is 13.5. The van der Waals surface area contributed by atoms with Gasteiger partial charge in [-0.25, -0.2) is 4.79 Å². The second-order valence-corrected chi connectivity index (χ2v) is 6.27. The molecule has 0 aliphatic carbocycles. The number of rotatable bonds is 7. The van der Waals surface area contributed by atoms with Crippen LogP contribution in [0.25, 0.3) is 0 Å². The van der Waals surface area contributed by atoms with Gasteiger partial charge in [0.25, 0.3) is 0 Å². The Morgan fingerprint density at radius 2 is 1.89 bits per heavy atom. The van der Waals surface area contributed by atoms with Crippen LogP contribution in [0.4, 0.5) is 10.5 Å². The highest BCUT2D eigenvalue weighted by molar-refractivity contribution is 5.89. The lowest BCUT2D eigenvalue weighted by molar-refractivity contribution is 0.170. The maximum atomic E-state index is 12.3. The second-order valence-electron chi connectivity index (χ2n) is 6.27. The summed E-state index contributed by atoms with van der Waals surface area (Å²) in [5.41, 5.74) is 1.49. The summed E-state index contributed by atoms with van der Waals surface area (Å²) in [7, 11) is 4.69. The number of nitrogens with one attached hydrogen (secondary N) is 2. The van der Waals surface area contributed by atoms with Crippen molar-refractivity contribution in [3.05, 3.63) is 35.9 Å². The maximum absolute atomic E-state index is 12.3. The zero-order valence-corrected chi connectivity index (χ0v) is 16.3. The quantitative estimate of drug-likeness (QED) is 0.758. The van der Waals surface area contributed by atoms with Crippen molar-refractivity contribution in [2.45, 2.75) is 19.4 Å². The molecule has 0 fully saturated rings. The van der Waals surface area contributed by atoms with Gasteiger partial charge in [-0.3, -0.25) is 0 Å². The number of carbonyl (C=O) groups is 1. The summed E-state index contributed by atoms with van der Waals surface area (Å²) in [6, 6.07) is 8.51. The predicted octanol–water partition coefficient (Wildman–Crippen LogP) is 3.19. The van der Waals surface area contributed by atoms with Crippen LogP contribution in [0.2, 0.25) is 0 Å². The van der Waals surface area contributed by atoms with E-state index < -0.39 is 0 Å². The molecule has 0 saturated heterocycles. The Labute approximate surface area is 163 Å². The van der Waals surface area contributed by atoms with Crippen molar-refractivity contribution in [1.29, 1.82) is 0 Å². The molecule has 1 heterocycles. The van der Waals surface area contributed by atoms with E-state index in [1.165, 1.54) is 0 Å². The van der Waals surface area contributed by atoms with Gasteiger partial charge >= 0.3 is 6.03 Å². The molecule has 0 radical (unpaired) electrons. The van der Waals surface area contributed by atoms with Gasteiger partial charge in [-0.05, 0) is 31.5 Å². The Kier molecular flexibility index (Phi) is 5.98. The predicted molar refractivity (Wildman–Crippen MR) is 104 cm³/mol. The van der Waals surface area contributed by atoms with Crippen LogP contribution in [-0.4, -0.2) is 40.2 Å². The minimum atomic E-state index is -0.313. The molecule has 1 aliphatic rings. The van der Waals surface area contributed by atoms with Crippen molar-refractivity contribution in [3.8, 4) is 28.7 Å². The summed E-state index contributed by atoms with van der Waals surface area (Å²) in [6.07, 6.45) is 0.516. The number of carbonyl (C=O) groups excluding carboxylic acids is 1. The highest BCUT2D eigenvalue weighted by atomic mass is 16.7. The van der Waals surface area contributed by atoms with Gasteiger partial charge < -0.3 is 34.3 Å². The van der Waals surface area contributed by atoms with Gasteiger partial charge in [0.05, 0.1) is 21.3 Å². The molecule has 0 unspecified atom stereocenters. The summed E-state index contributed by atoms with van der Waals surface area (Å²) in [5.74, 6) is 2.84. The van der Waals surface area contributed by atoms with Crippen molar-refractivity contribution < 1.29 is 28.5 Å². The number of methoxy groups -OCH3 is 3. The van der Waals surface area contributed by atoms with Crippen LogP contribution < -0.4 is 34.3 Å². The molecule has 0 spiro atoms. The minimum absolute atomic E-state index is 0.134. The summed E-state index contributed by atoms with van der Waals surface area (Å²) in [6.45, 7) is 2.04. The molecule has 2 aromatic carbocycles. The van der Waals surface area contributed by atoms with Crippen LogP contribution in [0.1, 0.15) is 12.5 Å². The molecule has 150 valence electrons. The van der Waals surface area contributed by atoms with Crippen LogP contribution in [0.3, 0.4) is 0 Å². The van der Waals surface area contributed by atoms with E-state index in [-0.39, 0.29) is 18.9 Å². The molecule has 8 heteroatoms. The molecule has 2 N–H and O–H groups in total. The van der Waals surface area contributed by atoms with E-state index in [0.29, 0.717) is 40.9 Å². The van der Waals surface area contributed by atoms with Crippen molar-refractivity contribution >= 4 is 11.7 Å². The van der Waals surface area contributed by atoms with E-state index >= 15 is 0 Å². The number of ether oxygens (including phenoxy) is 5. The third-order valence-electron chi connectivity index (χ3n) is 4.29. The monoisotopic (exact) mass is 388 g/mol. The van der Waals surface area contributed by atoms with Gasteiger partial charge in [0.15, 0.2) is 11.5 Å². The van der Waals surface area contributed by atoms with Gasteiger partial charge in [0.2, 0.25) is 18.3 Å². The topological polar surface area (TPSA) is 87.3 Å². The van der Waals surface area contributed by atoms with Crippen molar-refractivity contribution in [1.82, 2.24) is 5.32 Å². The molecule has 1 aliphatic heterocycles. The first kappa shape index (κ1) is 19.5. The van der Waals surface area contributed by atoms with E-state index in [4.69, 9.17) is 23.7 Å². The first-order valence-corrected chi connectivity index (χ1v) is 8.80. The molecule has 2 amide bonds. The fourth-order valence-electron chi connectivity index (χ4n) is 3.08. The third-order valence-corrected chi connectivity index (χ3v) is 4.29. The lowest BCUT2D eigenvalue weighted by Crippen LogP contribution is -2.37. The van der Waals surface area contributed by atoms with Crippen molar-refractivity contribution in [3.63, 3.8) is 0 Å². The van der Waals surface area contributed by atoms with Crippen LogP contribution in [0, 0.1) is 0 Å². The lowest BCUT2D eigenvalue weighted by atomic mass is 10.0. The SMILES string of the molecule is COc1cccc(NC(=O)N[C@@H](C)Cc2cc3c(c(OC)c2OC)OCO3)c1. The highest BCUT2D eigenvalue weighted by Crippen LogP contribution is 2.49. The van der Waals surface area contributed by atoms with Gasteiger partial charge in [-0.15, -0.1) is 0 Å². The summed E-state index contributed by atoms with van der Waals surface area (Å²) in [5, 5.41) is 5.71. The third kappa shape index (κ3) is 4.16. The number of amides is 2. The Balaban J connectivity index is 1.69. The molecule has 8 nitrogen and oxygen atoms in total. The number of benzene rings is 2. The average molecular weight is 388 g/mol. The molecule has 28 heavy (non-hydrogen) atoms. The largest absolute Gasteiger partial charge is 0.497 e. The van der Waals surface area contributed by atoms with Gasteiger partial charge in [0.1, 0.15) is 5.75 Å². The average Bonchev–Trinajstić information content (AvgIpc) is 3.14. The Bertz CT molecular complexity index is 855. The highest BCUT2D eigenvalue weighted by Gasteiger charge is 2.26. The first-order valence-electron chi connectivity index (χ1n) is 8.80. The van der Waals surface area contributed by atoms with Gasteiger partial charge in [0, 0.05) is 23.4 Å². The fraction of sp³-hybridized carbons (Fsp3) is 0.350. The fourth-order valence-corrected chi connectivity index (χ4v) is 3.08. The number of hydrogen-bond donors (Lipinski definition) is 2. The van der Waals surface area contributed by atoms with E-state index in [1.54, 1.807) is 33.5 Å². The second kappa shape index (κ2) is 8.60. The Morgan fingerprint density at radius 1 is 1.11 bits per heavy atom. The van der Waals surface area contributed by atoms with Crippen LogP contribution in [0.5, 0.6) is 28.7 Å². The van der Waals surface area contributed by atoms with Crippen molar-refractivity contribution in [2.24, 2.45) is 0 Å². The van der Waals surface area contributed by atoms with Crippen LogP contribution >= 0.6 is 0 Å². The Morgan fingerprint density at radius 3 is 2.61 bits per heavy atom. The van der Waals surface area contributed by atoms with E-state index in [1.807, 2.05) is 25.1 Å².